The number of aryl methyl sites for hydroxylation is 1. The fraction of sp³-hybridized carbons (Fsp3) is 0.206. The quantitative estimate of drug-likeness (QED) is 0.212. The van der Waals surface area contributed by atoms with Crippen molar-refractivity contribution in [2.75, 3.05) is 12.4 Å². The van der Waals surface area contributed by atoms with Gasteiger partial charge in [0.15, 0.2) is 0 Å². The molecule has 0 atom stereocenters. The third-order valence-corrected chi connectivity index (χ3v) is 8.14. The molecule has 0 aliphatic carbocycles. The zero-order valence-electron chi connectivity index (χ0n) is 24.4. The minimum absolute atomic E-state index is 0.356. The van der Waals surface area contributed by atoms with Crippen molar-refractivity contribution in [2.24, 2.45) is 0 Å². The Bertz CT molecular complexity index is 1930. The Balaban J connectivity index is 1.42. The number of thiophene rings is 1. The molecule has 1 N–H and O–H groups in total. The average Bonchev–Trinajstić information content (AvgIpc) is 3.62. The van der Waals surface area contributed by atoms with Crippen molar-refractivity contribution in [1.29, 1.82) is 0 Å². The first-order chi connectivity index (χ1) is 20.5. The molecular weight excluding hydrogens is 564 g/mol. The van der Waals surface area contributed by atoms with E-state index in [-0.39, 0.29) is 5.91 Å². The van der Waals surface area contributed by atoms with Crippen molar-refractivity contribution in [3.8, 4) is 27.3 Å². The van der Waals surface area contributed by atoms with Crippen molar-refractivity contribution in [2.45, 2.75) is 39.9 Å². The average molecular weight is 595 g/mol. The normalized spacial score (nSPS) is 12.2. The maximum absolute atomic E-state index is 14.0. The Hall–Kier alpha value is -4.89. The molecule has 9 heteroatoms. The summed E-state index contributed by atoms with van der Waals surface area (Å²) in [4.78, 5) is 40.6. The highest BCUT2D eigenvalue weighted by molar-refractivity contribution is 7.13. The fourth-order valence-corrected chi connectivity index (χ4v) is 6.12. The van der Waals surface area contributed by atoms with Crippen molar-refractivity contribution >= 4 is 45.9 Å². The molecule has 0 saturated heterocycles. The van der Waals surface area contributed by atoms with Gasteiger partial charge in [-0.15, -0.1) is 11.3 Å². The summed E-state index contributed by atoms with van der Waals surface area (Å²) in [5.74, 6) is -0.212. The summed E-state index contributed by atoms with van der Waals surface area (Å²) in [6, 6.07) is 18.3. The minimum Gasteiger partial charge on any atom is -0.488 e. The van der Waals surface area contributed by atoms with E-state index in [1.54, 1.807) is 47.9 Å². The number of nitrogens with zero attached hydrogens (tertiary/aromatic N) is 1. The number of nitrogens with one attached hydrogen (secondary N) is 1. The van der Waals surface area contributed by atoms with E-state index in [4.69, 9.17) is 14.2 Å². The third-order valence-electron chi connectivity index (χ3n) is 7.15. The lowest BCUT2D eigenvalue weighted by Crippen LogP contribution is -2.26. The fourth-order valence-electron chi connectivity index (χ4n) is 5.19. The van der Waals surface area contributed by atoms with E-state index in [9.17, 15) is 14.4 Å². The van der Waals surface area contributed by atoms with Gasteiger partial charge < -0.3 is 19.5 Å². The van der Waals surface area contributed by atoms with E-state index in [1.165, 1.54) is 11.7 Å². The number of hydrogen-bond acceptors (Lipinski definition) is 7. The second-order valence-electron chi connectivity index (χ2n) is 11.4. The molecule has 0 spiro atoms. The van der Waals surface area contributed by atoms with Gasteiger partial charge >= 0.3 is 12.1 Å². The van der Waals surface area contributed by atoms with Crippen LogP contribution in [-0.4, -0.2) is 35.2 Å². The van der Waals surface area contributed by atoms with Gasteiger partial charge in [0, 0.05) is 38.8 Å². The van der Waals surface area contributed by atoms with Crippen LogP contribution in [0.25, 0.3) is 32.5 Å². The number of carbonyl (C=O) groups is 3. The molecule has 2 aromatic heterocycles. The summed E-state index contributed by atoms with van der Waals surface area (Å²) >= 11 is 1.59. The number of anilines is 1. The Morgan fingerprint density at radius 3 is 2.51 bits per heavy atom. The van der Waals surface area contributed by atoms with Gasteiger partial charge in [0.2, 0.25) is 0 Å². The van der Waals surface area contributed by atoms with E-state index < -0.39 is 17.7 Å². The van der Waals surface area contributed by atoms with Gasteiger partial charge in [-0.2, -0.15) is 0 Å². The summed E-state index contributed by atoms with van der Waals surface area (Å²) < 4.78 is 18.1. The first kappa shape index (κ1) is 28.2. The second-order valence-corrected chi connectivity index (χ2v) is 12.3. The lowest BCUT2D eigenvalue weighted by atomic mass is 9.90. The van der Waals surface area contributed by atoms with Gasteiger partial charge in [0.1, 0.15) is 18.0 Å². The SMILES string of the molecule is COC(=O)c1cc(C)ccc1-c1cc2c(cc1C(=O)Nc1ccc3c(ccn3C(=O)OC(C)(C)C)c1)-c1sccc1CO2. The standard InChI is InChI=1S/C34H30N2O6S/c1-19-6-8-23(26(14-19)32(38)40-5)24-17-29-27(30-21(18-41-29)11-13-43-30)16-25(24)31(37)35-22-7-9-28-20(15-22)10-12-36(28)33(39)42-34(2,3)4/h6-17H,18H2,1-5H3,(H,35,37). The van der Waals surface area contributed by atoms with Crippen molar-refractivity contribution < 1.29 is 28.6 Å². The summed E-state index contributed by atoms with van der Waals surface area (Å²) in [5.41, 5.74) is 5.19. The smallest absolute Gasteiger partial charge is 0.418 e. The highest BCUT2D eigenvalue weighted by Gasteiger charge is 2.26. The molecule has 0 unspecified atom stereocenters. The number of carbonyl (C=O) groups excluding carboxylic acids is 3. The number of hydrogen-bond donors (Lipinski definition) is 1. The molecule has 0 radical (unpaired) electrons. The summed E-state index contributed by atoms with van der Waals surface area (Å²) in [6.45, 7) is 7.77. The monoisotopic (exact) mass is 594 g/mol. The van der Waals surface area contributed by atoms with Crippen LogP contribution >= 0.6 is 11.3 Å². The second kappa shape index (κ2) is 10.7. The molecule has 5 aromatic rings. The van der Waals surface area contributed by atoms with E-state index in [2.05, 4.69) is 5.32 Å². The number of fused-ring (bicyclic) bond motifs is 4. The zero-order valence-corrected chi connectivity index (χ0v) is 25.3. The number of aromatic nitrogens is 1. The molecular formula is C34H30N2O6S. The van der Waals surface area contributed by atoms with Crippen LogP contribution < -0.4 is 10.1 Å². The van der Waals surface area contributed by atoms with Gasteiger partial charge in [-0.3, -0.25) is 9.36 Å². The largest absolute Gasteiger partial charge is 0.488 e. The molecule has 3 heterocycles. The van der Waals surface area contributed by atoms with Crippen molar-refractivity contribution in [1.82, 2.24) is 4.57 Å². The molecule has 0 fully saturated rings. The first-order valence-electron chi connectivity index (χ1n) is 13.7. The lowest BCUT2D eigenvalue weighted by molar-refractivity contribution is 0.0542. The maximum atomic E-state index is 14.0. The Morgan fingerprint density at radius 1 is 0.930 bits per heavy atom. The Morgan fingerprint density at radius 2 is 1.74 bits per heavy atom. The van der Waals surface area contributed by atoms with E-state index in [0.29, 0.717) is 45.8 Å². The predicted molar refractivity (Wildman–Crippen MR) is 167 cm³/mol. The molecule has 1 aliphatic heterocycles. The minimum atomic E-state index is -0.631. The van der Waals surface area contributed by atoms with Crippen LogP contribution in [0.3, 0.4) is 0 Å². The van der Waals surface area contributed by atoms with Gasteiger partial charge in [-0.05, 0) is 92.7 Å². The number of ether oxygens (including phenoxy) is 3. The van der Waals surface area contributed by atoms with Gasteiger partial charge in [0.25, 0.3) is 5.91 Å². The maximum Gasteiger partial charge on any atom is 0.418 e. The molecule has 1 aliphatic rings. The molecule has 0 bridgehead atoms. The highest BCUT2D eigenvalue weighted by Crippen LogP contribution is 2.45. The van der Waals surface area contributed by atoms with Gasteiger partial charge in [-0.25, -0.2) is 9.59 Å². The molecule has 218 valence electrons. The molecule has 3 aromatic carbocycles. The number of methoxy groups -OCH3 is 1. The van der Waals surface area contributed by atoms with Crippen LogP contribution in [0.2, 0.25) is 0 Å². The van der Waals surface area contributed by atoms with E-state index in [1.807, 2.05) is 63.4 Å². The molecule has 8 nitrogen and oxygen atoms in total. The third kappa shape index (κ3) is 5.39. The Kier molecular flexibility index (Phi) is 7.06. The highest BCUT2D eigenvalue weighted by atomic mass is 32.1. The van der Waals surface area contributed by atoms with E-state index in [0.717, 1.165) is 27.0 Å². The summed E-state index contributed by atoms with van der Waals surface area (Å²) in [7, 11) is 1.34. The molecule has 1 amide bonds. The predicted octanol–water partition coefficient (Wildman–Crippen LogP) is 8.06. The van der Waals surface area contributed by atoms with Crippen LogP contribution in [0.15, 0.2) is 72.2 Å². The first-order valence-corrected chi connectivity index (χ1v) is 14.6. The van der Waals surface area contributed by atoms with Crippen LogP contribution in [0, 0.1) is 6.92 Å². The van der Waals surface area contributed by atoms with Gasteiger partial charge in [-0.1, -0.05) is 17.7 Å². The van der Waals surface area contributed by atoms with Crippen LogP contribution in [-0.2, 0) is 16.1 Å². The lowest BCUT2D eigenvalue weighted by Gasteiger charge is -2.22. The molecule has 6 rings (SSSR count). The molecule has 43 heavy (non-hydrogen) atoms. The summed E-state index contributed by atoms with van der Waals surface area (Å²) in [6.07, 6.45) is 1.17. The van der Waals surface area contributed by atoms with E-state index >= 15 is 0 Å². The van der Waals surface area contributed by atoms with Crippen LogP contribution in [0.1, 0.15) is 52.6 Å². The number of esters is 1. The van der Waals surface area contributed by atoms with Crippen LogP contribution in [0.4, 0.5) is 10.5 Å². The van der Waals surface area contributed by atoms with Crippen LogP contribution in [0.5, 0.6) is 5.75 Å². The zero-order chi connectivity index (χ0) is 30.5. The van der Waals surface area contributed by atoms with Gasteiger partial charge in [0.05, 0.1) is 18.2 Å². The summed E-state index contributed by atoms with van der Waals surface area (Å²) in [5, 5.41) is 5.78. The van der Waals surface area contributed by atoms with Crippen molar-refractivity contribution in [3.05, 3.63) is 94.5 Å². The number of amides is 1. The number of benzene rings is 3. The topological polar surface area (TPSA) is 95.9 Å². The number of rotatable bonds is 4. The molecule has 0 saturated carbocycles. The van der Waals surface area contributed by atoms with Crippen molar-refractivity contribution in [3.63, 3.8) is 0 Å². The Labute approximate surface area is 252 Å².